The summed E-state index contributed by atoms with van der Waals surface area (Å²) in [4.78, 5) is 16.4. The van der Waals surface area contributed by atoms with Crippen LogP contribution in [0.2, 0.25) is 0 Å². The summed E-state index contributed by atoms with van der Waals surface area (Å²) in [5.41, 5.74) is 5.53. The minimum atomic E-state index is -4.57. The van der Waals surface area contributed by atoms with Crippen molar-refractivity contribution < 1.29 is 31.1 Å². The molecule has 0 saturated carbocycles. The molecule has 0 aliphatic heterocycles. The number of primary amides is 1. The Morgan fingerprint density at radius 3 is 2.26 bits per heavy atom. The minimum absolute atomic E-state index is 0.00540. The smallest absolute Gasteiger partial charge is 0.366 e. The lowest BCUT2D eigenvalue weighted by atomic mass is 10.1. The number of hydrogen-bond donors (Lipinski definition) is 1. The van der Waals surface area contributed by atoms with Gasteiger partial charge < -0.3 is 10.3 Å². The molecule has 2 N–H and O–H groups in total. The lowest BCUT2D eigenvalue weighted by molar-refractivity contribution is -0.138. The molecule has 0 aliphatic rings. The normalized spacial score (nSPS) is 12.2. The quantitative estimate of drug-likeness (QED) is 0.302. The molecule has 0 spiro atoms. The van der Waals surface area contributed by atoms with E-state index >= 15 is 0 Å². The molecule has 35 heavy (non-hydrogen) atoms. The van der Waals surface area contributed by atoms with Crippen LogP contribution in [0.3, 0.4) is 0 Å². The highest BCUT2D eigenvalue weighted by Gasteiger charge is 2.33. The predicted molar refractivity (Wildman–Crippen MR) is 120 cm³/mol. The summed E-state index contributed by atoms with van der Waals surface area (Å²) >= 11 is 1.15. The molecule has 0 fully saturated rings. The van der Waals surface area contributed by atoms with Crippen molar-refractivity contribution in [3.63, 3.8) is 0 Å². The molecule has 0 saturated heterocycles. The van der Waals surface area contributed by atoms with Crippen LogP contribution in [-0.4, -0.2) is 15.5 Å². The fraction of sp³-hybridized carbons (Fsp3) is 0.167. The second kappa shape index (κ2) is 8.88. The molecule has 0 radical (unpaired) electrons. The van der Waals surface area contributed by atoms with Crippen LogP contribution >= 0.6 is 11.3 Å². The maximum atomic E-state index is 13.5. The first kappa shape index (κ1) is 24.5. The molecule has 4 rings (SSSR count). The number of halogens is 6. The summed E-state index contributed by atoms with van der Waals surface area (Å²) in [7, 11) is 0. The van der Waals surface area contributed by atoms with Crippen molar-refractivity contribution in [3.05, 3.63) is 87.9 Å². The molecule has 0 bridgehead atoms. The number of nitrogens with two attached hydrogens (primary N) is 1. The number of rotatable bonds is 5. The largest absolute Gasteiger partial charge is 0.416 e. The predicted octanol–water partition coefficient (Wildman–Crippen LogP) is 6.77. The summed E-state index contributed by atoms with van der Waals surface area (Å²) in [5.74, 6) is -0.746. The van der Waals surface area contributed by atoms with E-state index in [4.69, 9.17) is 5.73 Å². The Balaban J connectivity index is 1.76. The van der Waals surface area contributed by atoms with Crippen LogP contribution in [0.1, 0.15) is 32.7 Å². The Morgan fingerprint density at radius 1 is 1.00 bits per heavy atom. The first-order valence-corrected chi connectivity index (χ1v) is 11.0. The van der Waals surface area contributed by atoms with E-state index in [0.717, 1.165) is 29.5 Å². The first-order valence-electron chi connectivity index (χ1n) is 10.1. The van der Waals surface area contributed by atoms with Crippen LogP contribution in [0.25, 0.3) is 22.0 Å². The van der Waals surface area contributed by atoms with Gasteiger partial charge in [0.2, 0.25) is 0 Å². The van der Waals surface area contributed by atoms with Crippen LogP contribution in [0.15, 0.2) is 60.0 Å². The van der Waals surface area contributed by atoms with Gasteiger partial charge in [-0.1, -0.05) is 30.3 Å². The molecule has 182 valence electrons. The molecule has 11 heteroatoms. The molecular formula is C24H17F6N3OS. The molecule has 2 aromatic heterocycles. The monoisotopic (exact) mass is 509 g/mol. The number of thiazole rings is 1. The lowest BCUT2D eigenvalue weighted by Crippen LogP contribution is -2.15. The van der Waals surface area contributed by atoms with Gasteiger partial charge >= 0.3 is 12.4 Å². The number of carbonyl (C=O) groups is 1. The van der Waals surface area contributed by atoms with Crippen molar-refractivity contribution in [2.24, 2.45) is 5.73 Å². The average molecular weight is 509 g/mol. The van der Waals surface area contributed by atoms with Crippen molar-refractivity contribution in [2.45, 2.75) is 25.8 Å². The van der Waals surface area contributed by atoms with Gasteiger partial charge in [-0.15, -0.1) is 11.3 Å². The zero-order valence-electron chi connectivity index (χ0n) is 18.0. The molecule has 1 amide bonds. The summed E-state index contributed by atoms with van der Waals surface area (Å²) in [6.45, 7) is 1.38. The molecule has 4 nitrogen and oxygen atoms in total. The van der Waals surface area contributed by atoms with Gasteiger partial charge in [-0.25, -0.2) is 4.98 Å². The topological polar surface area (TPSA) is 60.9 Å². The van der Waals surface area contributed by atoms with Gasteiger partial charge in [0, 0.05) is 23.2 Å². The van der Waals surface area contributed by atoms with E-state index in [2.05, 4.69) is 4.98 Å². The Kier molecular flexibility index (Phi) is 6.22. The van der Waals surface area contributed by atoms with Gasteiger partial charge in [-0.3, -0.25) is 4.79 Å². The van der Waals surface area contributed by atoms with E-state index in [1.807, 2.05) is 0 Å². The van der Waals surface area contributed by atoms with Crippen molar-refractivity contribution in [3.8, 4) is 22.0 Å². The number of hydrogen-bond acceptors (Lipinski definition) is 3. The van der Waals surface area contributed by atoms with Crippen LogP contribution in [0.5, 0.6) is 0 Å². The Bertz CT molecular complexity index is 1380. The highest BCUT2D eigenvalue weighted by Crippen LogP contribution is 2.36. The number of benzene rings is 2. The van der Waals surface area contributed by atoms with Crippen molar-refractivity contribution in [1.29, 1.82) is 0 Å². The molecular weight excluding hydrogens is 492 g/mol. The standard InChI is InChI=1S/C24H17F6N3OS/c1-13-17(21(31)34)10-20(33(13)11-15-4-2-3-5-18(15)24(28,29)30)19-12-35-22(32-19)14-6-8-16(9-7-14)23(25,26)27/h2-10,12H,11H2,1H3,(H2,31,34). The van der Waals surface area contributed by atoms with Gasteiger partial charge in [0.1, 0.15) is 5.01 Å². The van der Waals surface area contributed by atoms with Crippen LogP contribution < -0.4 is 5.73 Å². The molecule has 2 aromatic carbocycles. The minimum Gasteiger partial charge on any atom is -0.366 e. The van der Waals surface area contributed by atoms with E-state index in [-0.39, 0.29) is 17.7 Å². The molecule has 2 heterocycles. The summed E-state index contributed by atoms with van der Waals surface area (Å²) in [5, 5.41) is 2.04. The molecule has 4 aromatic rings. The highest BCUT2D eigenvalue weighted by molar-refractivity contribution is 7.13. The Hall–Kier alpha value is -3.60. The maximum Gasteiger partial charge on any atom is 0.416 e. The van der Waals surface area contributed by atoms with E-state index in [9.17, 15) is 31.1 Å². The van der Waals surface area contributed by atoms with Gasteiger partial charge in [-0.2, -0.15) is 26.3 Å². The van der Waals surface area contributed by atoms with Crippen LogP contribution in [0.4, 0.5) is 26.3 Å². The Morgan fingerprint density at radius 2 is 1.66 bits per heavy atom. The van der Waals surface area contributed by atoms with E-state index in [1.165, 1.54) is 41.0 Å². The fourth-order valence-corrected chi connectivity index (χ4v) is 4.56. The average Bonchev–Trinajstić information content (AvgIpc) is 3.38. The SMILES string of the molecule is Cc1c(C(N)=O)cc(-c2csc(-c3ccc(C(F)(F)F)cc3)n2)n1Cc1ccccc1C(F)(F)F. The second-order valence-electron chi connectivity index (χ2n) is 7.75. The van der Waals surface area contributed by atoms with Crippen LogP contribution in [0, 0.1) is 6.92 Å². The molecule has 0 aliphatic carbocycles. The Labute approximate surface area is 199 Å². The van der Waals surface area contributed by atoms with E-state index in [1.54, 1.807) is 12.3 Å². The maximum absolute atomic E-state index is 13.5. The highest BCUT2D eigenvalue weighted by atomic mass is 32.1. The number of alkyl halides is 6. The van der Waals surface area contributed by atoms with Crippen molar-refractivity contribution in [1.82, 2.24) is 9.55 Å². The molecule has 0 unspecified atom stereocenters. The van der Waals surface area contributed by atoms with Crippen molar-refractivity contribution in [2.75, 3.05) is 0 Å². The van der Waals surface area contributed by atoms with Crippen molar-refractivity contribution >= 4 is 17.2 Å². The third-order valence-electron chi connectivity index (χ3n) is 5.51. The number of nitrogens with zero attached hydrogens (tertiary/aromatic N) is 2. The third-order valence-corrected chi connectivity index (χ3v) is 6.40. The van der Waals surface area contributed by atoms with Crippen LogP contribution in [-0.2, 0) is 18.9 Å². The fourth-order valence-electron chi connectivity index (χ4n) is 3.74. The third kappa shape index (κ3) is 4.95. The summed E-state index contributed by atoms with van der Waals surface area (Å²) in [6, 6.07) is 11.1. The summed E-state index contributed by atoms with van der Waals surface area (Å²) in [6.07, 6.45) is -9.04. The van der Waals surface area contributed by atoms with Gasteiger partial charge in [0.05, 0.1) is 28.1 Å². The van der Waals surface area contributed by atoms with E-state index < -0.39 is 29.4 Å². The first-order chi connectivity index (χ1) is 16.4. The number of aromatic nitrogens is 2. The lowest BCUT2D eigenvalue weighted by Gasteiger charge is -2.16. The second-order valence-corrected chi connectivity index (χ2v) is 8.61. The zero-order valence-corrected chi connectivity index (χ0v) is 18.9. The number of amides is 1. The van der Waals surface area contributed by atoms with Gasteiger partial charge in [0.25, 0.3) is 5.91 Å². The van der Waals surface area contributed by atoms with Gasteiger partial charge in [-0.05, 0) is 36.8 Å². The van der Waals surface area contributed by atoms with Gasteiger partial charge in [0.15, 0.2) is 0 Å². The summed E-state index contributed by atoms with van der Waals surface area (Å²) < 4.78 is 80.7. The van der Waals surface area contributed by atoms with E-state index in [0.29, 0.717) is 27.7 Å². The molecule has 0 atom stereocenters. The number of carbonyl (C=O) groups excluding carboxylic acids is 1. The zero-order chi connectivity index (χ0) is 25.5.